The van der Waals surface area contributed by atoms with Crippen LogP contribution in [-0.4, -0.2) is 43.7 Å². The topological polar surface area (TPSA) is 72.4 Å². The SMILES string of the molecule is COc1ccc(CNC(=O)OC2CCN3Cc4ccccc4N=C23)cc1OC. The van der Waals surface area contributed by atoms with Crippen molar-refractivity contribution in [3.8, 4) is 11.5 Å². The van der Waals surface area contributed by atoms with Crippen LogP contribution in [0.3, 0.4) is 0 Å². The Hall–Kier alpha value is -3.22. The fourth-order valence-corrected chi connectivity index (χ4v) is 3.55. The van der Waals surface area contributed by atoms with Crippen molar-refractivity contribution in [2.24, 2.45) is 4.99 Å². The van der Waals surface area contributed by atoms with Crippen LogP contribution >= 0.6 is 0 Å². The number of hydrogen-bond acceptors (Lipinski definition) is 6. The minimum Gasteiger partial charge on any atom is -0.493 e. The number of amides is 1. The molecular weight excluding hydrogens is 358 g/mol. The van der Waals surface area contributed by atoms with Crippen molar-refractivity contribution in [2.75, 3.05) is 20.8 Å². The minimum atomic E-state index is -0.455. The van der Waals surface area contributed by atoms with E-state index in [4.69, 9.17) is 19.2 Å². The van der Waals surface area contributed by atoms with Gasteiger partial charge in [-0.15, -0.1) is 0 Å². The molecular formula is C21H23N3O4. The first-order valence-electron chi connectivity index (χ1n) is 9.24. The Morgan fingerprint density at radius 3 is 2.82 bits per heavy atom. The molecule has 2 aliphatic heterocycles. The number of ether oxygens (including phenoxy) is 3. The first-order valence-corrected chi connectivity index (χ1v) is 9.24. The van der Waals surface area contributed by atoms with E-state index in [1.165, 1.54) is 5.56 Å². The third-order valence-electron chi connectivity index (χ3n) is 5.00. The van der Waals surface area contributed by atoms with Gasteiger partial charge in [-0.05, 0) is 29.3 Å². The highest BCUT2D eigenvalue weighted by Gasteiger charge is 2.35. The number of fused-ring (bicyclic) bond motifs is 2. The van der Waals surface area contributed by atoms with Crippen molar-refractivity contribution < 1.29 is 19.0 Å². The van der Waals surface area contributed by atoms with Gasteiger partial charge in [0.2, 0.25) is 0 Å². The second-order valence-corrected chi connectivity index (χ2v) is 6.75. The number of benzene rings is 2. The second kappa shape index (κ2) is 7.80. The summed E-state index contributed by atoms with van der Waals surface area (Å²) < 4.78 is 16.2. The third kappa shape index (κ3) is 3.60. The highest BCUT2D eigenvalue weighted by molar-refractivity contribution is 5.93. The number of carbonyl (C=O) groups is 1. The molecule has 7 heteroatoms. The maximum absolute atomic E-state index is 12.3. The Kier molecular flexibility index (Phi) is 5.06. The van der Waals surface area contributed by atoms with Gasteiger partial charge in [-0.25, -0.2) is 9.79 Å². The summed E-state index contributed by atoms with van der Waals surface area (Å²) in [6, 6.07) is 13.6. The smallest absolute Gasteiger partial charge is 0.408 e. The molecule has 4 rings (SSSR count). The molecule has 0 bridgehead atoms. The van der Waals surface area contributed by atoms with Crippen molar-refractivity contribution >= 4 is 17.6 Å². The molecule has 2 aromatic rings. The molecule has 1 amide bonds. The monoisotopic (exact) mass is 381 g/mol. The number of rotatable bonds is 5. The van der Waals surface area contributed by atoms with E-state index in [0.29, 0.717) is 18.0 Å². The lowest BCUT2D eigenvalue weighted by atomic mass is 10.1. The highest BCUT2D eigenvalue weighted by atomic mass is 16.6. The summed E-state index contributed by atoms with van der Waals surface area (Å²) >= 11 is 0. The molecule has 0 saturated carbocycles. The zero-order valence-corrected chi connectivity index (χ0v) is 16.0. The van der Waals surface area contributed by atoms with Crippen molar-refractivity contribution in [3.05, 3.63) is 53.6 Å². The Labute approximate surface area is 163 Å². The van der Waals surface area contributed by atoms with Crippen molar-refractivity contribution in [2.45, 2.75) is 25.6 Å². The number of amidine groups is 1. The molecule has 1 atom stereocenters. The highest BCUT2D eigenvalue weighted by Crippen LogP contribution is 2.31. The maximum Gasteiger partial charge on any atom is 0.408 e. The van der Waals surface area contributed by atoms with E-state index in [-0.39, 0.29) is 6.10 Å². The second-order valence-electron chi connectivity index (χ2n) is 6.75. The normalized spacial score (nSPS) is 17.3. The molecule has 0 radical (unpaired) electrons. The Morgan fingerprint density at radius 2 is 2.00 bits per heavy atom. The molecule has 2 heterocycles. The average Bonchev–Trinajstić information content (AvgIpc) is 3.11. The van der Waals surface area contributed by atoms with Crippen LogP contribution in [0.2, 0.25) is 0 Å². The maximum atomic E-state index is 12.3. The predicted octanol–water partition coefficient (Wildman–Crippen LogP) is 3.25. The average molecular weight is 381 g/mol. The van der Waals surface area contributed by atoms with E-state index >= 15 is 0 Å². The Balaban J connectivity index is 1.38. The summed E-state index contributed by atoms with van der Waals surface area (Å²) in [5.41, 5.74) is 3.05. The van der Waals surface area contributed by atoms with Gasteiger partial charge in [0.05, 0.1) is 19.9 Å². The minimum absolute atomic E-state index is 0.321. The molecule has 146 valence electrons. The summed E-state index contributed by atoms with van der Waals surface area (Å²) in [6.45, 7) is 1.98. The zero-order valence-electron chi connectivity index (χ0n) is 16.0. The van der Waals surface area contributed by atoms with Crippen LogP contribution in [0.15, 0.2) is 47.5 Å². The molecule has 1 fully saturated rings. The molecule has 1 saturated heterocycles. The van der Waals surface area contributed by atoms with Crippen LogP contribution in [0.1, 0.15) is 17.5 Å². The van der Waals surface area contributed by atoms with Gasteiger partial charge < -0.3 is 24.4 Å². The lowest BCUT2D eigenvalue weighted by molar-refractivity contribution is 0.127. The molecule has 2 aliphatic rings. The predicted molar refractivity (Wildman–Crippen MR) is 105 cm³/mol. The van der Waals surface area contributed by atoms with Crippen LogP contribution < -0.4 is 14.8 Å². The number of para-hydroxylation sites is 1. The van der Waals surface area contributed by atoms with E-state index in [1.807, 2.05) is 36.4 Å². The van der Waals surface area contributed by atoms with Gasteiger partial charge >= 0.3 is 6.09 Å². The van der Waals surface area contributed by atoms with E-state index in [9.17, 15) is 4.79 Å². The number of carbonyl (C=O) groups excluding carboxylic acids is 1. The van der Waals surface area contributed by atoms with Gasteiger partial charge in [-0.2, -0.15) is 0 Å². The Morgan fingerprint density at radius 1 is 1.18 bits per heavy atom. The quantitative estimate of drug-likeness (QED) is 0.861. The van der Waals surface area contributed by atoms with Crippen LogP contribution in [0, 0.1) is 0 Å². The summed E-state index contributed by atoms with van der Waals surface area (Å²) in [5, 5.41) is 2.80. The lowest BCUT2D eigenvalue weighted by Gasteiger charge is -2.26. The molecule has 1 N–H and O–H groups in total. The van der Waals surface area contributed by atoms with Crippen molar-refractivity contribution in [3.63, 3.8) is 0 Å². The van der Waals surface area contributed by atoms with E-state index in [2.05, 4.69) is 16.3 Å². The zero-order chi connectivity index (χ0) is 19.5. The van der Waals surface area contributed by atoms with Crippen LogP contribution in [-0.2, 0) is 17.8 Å². The summed E-state index contributed by atoms with van der Waals surface area (Å²) in [7, 11) is 3.17. The van der Waals surface area contributed by atoms with Gasteiger partial charge in [-0.1, -0.05) is 24.3 Å². The number of methoxy groups -OCH3 is 2. The largest absolute Gasteiger partial charge is 0.493 e. The Bertz CT molecular complexity index is 912. The van der Waals surface area contributed by atoms with Crippen molar-refractivity contribution in [1.29, 1.82) is 0 Å². The number of alkyl carbamates (subject to hydrolysis) is 1. The standard InChI is InChI=1S/C21H23N3O4/c1-26-17-8-7-14(11-19(17)27-2)12-22-21(25)28-18-9-10-24-13-15-5-3-4-6-16(15)23-20(18)24/h3-8,11,18H,9-10,12-13H2,1-2H3,(H,22,25). The summed E-state index contributed by atoms with van der Waals surface area (Å²) in [4.78, 5) is 19.2. The molecule has 28 heavy (non-hydrogen) atoms. The number of nitrogens with one attached hydrogen (secondary N) is 1. The van der Waals surface area contributed by atoms with Crippen LogP contribution in [0.5, 0.6) is 11.5 Å². The van der Waals surface area contributed by atoms with E-state index in [1.54, 1.807) is 14.2 Å². The fraction of sp³-hybridized carbons (Fsp3) is 0.333. The van der Waals surface area contributed by atoms with Gasteiger partial charge in [0, 0.05) is 26.1 Å². The molecule has 7 nitrogen and oxygen atoms in total. The van der Waals surface area contributed by atoms with Crippen LogP contribution in [0.25, 0.3) is 0 Å². The number of aliphatic imine (C=N–C) groups is 1. The van der Waals surface area contributed by atoms with Gasteiger partial charge in [0.15, 0.2) is 17.6 Å². The summed E-state index contributed by atoms with van der Waals surface area (Å²) in [6.07, 6.45) is -0.0293. The summed E-state index contributed by atoms with van der Waals surface area (Å²) in [5.74, 6) is 2.10. The molecule has 1 unspecified atom stereocenters. The number of hydrogen-bond donors (Lipinski definition) is 1. The molecule has 0 aromatic heterocycles. The molecule has 2 aromatic carbocycles. The van der Waals surface area contributed by atoms with Gasteiger partial charge in [0.25, 0.3) is 0 Å². The third-order valence-corrected chi connectivity index (χ3v) is 5.00. The lowest BCUT2D eigenvalue weighted by Crippen LogP contribution is -2.36. The van der Waals surface area contributed by atoms with Crippen LogP contribution in [0.4, 0.5) is 10.5 Å². The van der Waals surface area contributed by atoms with Gasteiger partial charge in [-0.3, -0.25) is 0 Å². The van der Waals surface area contributed by atoms with Gasteiger partial charge in [0.1, 0.15) is 5.84 Å². The van der Waals surface area contributed by atoms with E-state index < -0.39 is 6.09 Å². The number of nitrogens with zero attached hydrogens (tertiary/aromatic N) is 2. The first kappa shape index (κ1) is 18.2. The molecule has 0 spiro atoms. The first-order chi connectivity index (χ1) is 13.7. The molecule has 0 aliphatic carbocycles. The van der Waals surface area contributed by atoms with Crippen molar-refractivity contribution in [1.82, 2.24) is 10.2 Å². The van der Waals surface area contributed by atoms with E-state index in [0.717, 1.165) is 36.6 Å². The fourth-order valence-electron chi connectivity index (χ4n) is 3.55.